The number of imide groups is 1. The summed E-state index contributed by atoms with van der Waals surface area (Å²) in [5.74, 6) is 0.193. The van der Waals surface area contributed by atoms with Crippen molar-refractivity contribution in [1.82, 2.24) is 19.7 Å². The number of aromatic nitrogens is 1. The zero-order valence-electron chi connectivity index (χ0n) is 23.4. The molecule has 0 bridgehead atoms. The highest BCUT2D eigenvalue weighted by Crippen LogP contribution is 2.52. The molecule has 4 aliphatic rings. The number of carbonyl (C=O) groups excluding carboxylic acids is 3. The van der Waals surface area contributed by atoms with Crippen molar-refractivity contribution >= 4 is 34.5 Å². The molecule has 0 saturated carbocycles. The number of hydrogen-bond acceptors (Lipinski definition) is 9. The molecule has 218 valence electrons. The van der Waals surface area contributed by atoms with Crippen LogP contribution in [0.2, 0.25) is 0 Å². The highest BCUT2D eigenvalue weighted by atomic mass is 32.2. The molecule has 1 aromatic carbocycles. The van der Waals surface area contributed by atoms with Gasteiger partial charge in [-0.05, 0) is 31.4 Å². The van der Waals surface area contributed by atoms with E-state index in [2.05, 4.69) is 4.98 Å². The van der Waals surface area contributed by atoms with Crippen LogP contribution in [0.15, 0.2) is 46.7 Å². The lowest BCUT2D eigenvalue weighted by Crippen LogP contribution is -2.70. The van der Waals surface area contributed by atoms with Gasteiger partial charge < -0.3 is 28.4 Å². The summed E-state index contributed by atoms with van der Waals surface area (Å²) in [7, 11) is 1.62. The van der Waals surface area contributed by atoms with Crippen LogP contribution in [0.25, 0.3) is 4.91 Å². The van der Waals surface area contributed by atoms with E-state index in [1.807, 2.05) is 31.2 Å². The average Bonchev–Trinajstić information content (AvgIpc) is 3.60. The van der Waals surface area contributed by atoms with E-state index < -0.39 is 17.4 Å². The highest BCUT2D eigenvalue weighted by Gasteiger charge is 2.55. The van der Waals surface area contributed by atoms with E-state index in [1.54, 1.807) is 23.1 Å². The van der Waals surface area contributed by atoms with E-state index in [9.17, 15) is 14.4 Å². The van der Waals surface area contributed by atoms with Gasteiger partial charge in [0.15, 0.2) is 0 Å². The van der Waals surface area contributed by atoms with Crippen LogP contribution in [0.5, 0.6) is 5.75 Å². The van der Waals surface area contributed by atoms with Crippen molar-refractivity contribution in [3.8, 4) is 5.75 Å². The maximum absolute atomic E-state index is 14.3. The fraction of sp³-hybridized carbons (Fsp3) is 0.517. The Bertz CT molecular complexity index is 1340. The third kappa shape index (κ3) is 5.13. The number of ether oxygens (including phenoxy) is 3. The molecule has 1 aromatic heterocycles. The van der Waals surface area contributed by atoms with E-state index in [1.165, 1.54) is 29.8 Å². The molecular formula is C29H34N4O7S. The molecule has 0 aliphatic carbocycles. The van der Waals surface area contributed by atoms with Gasteiger partial charge in [0.25, 0.3) is 0 Å². The third-order valence-electron chi connectivity index (χ3n) is 8.28. The second-order valence-electron chi connectivity index (χ2n) is 10.7. The lowest BCUT2D eigenvalue weighted by Gasteiger charge is -2.50. The summed E-state index contributed by atoms with van der Waals surface area (Å²) < 4.78 is 23.5. The van der Waals surface area contributed by atoms with E-state index in [0.717, 1.165) is 28.9 Å². The molecule has 0 radical (unpaired) electrons. The molecule has 3 atom stereocenters. The zero-order valence-corrected chi connectivity index (χ0v) is 24.2. The molecule has 0 spiro atoms. The van der Waals surface area contributed by atoms with Crippen molar-refractivity contribution in [2.24, 2.45) is 5.92 Å². The minimum Gasteiger partial charge on any atom is -0.496 e. The van der Waals surface area contributed by atoms with Crippen LogP contribution in [0.4, 0.5) is 4.79 Å². The molecule has 4 aliphatic heterocycles. The van der Waals surface area contributed by atoms with Gasteiger partial charge >= 0.3 is 6.03 Å². The number of oxazole rings is 1. The van der Waals surface area contributed by atoms with Gasteiger partial charge in [-0.2, -0.15) is 0 Å². The third-order valence-corrected chi connectivity index (χ3v) is 9.78. The number of carbonyl (C=O) groups is 3. The Morgan fingerprint density at radius 1 is 1.20 bits per heavy atom. The van der Waals surface area contributed by atoms with E-state index >= 15 is 0 Å². The zero-order chi connectivity index (χ0) is 28.7. The number of rotatable bonds is 8. The van der Waals surface area contributed by atoms with Crippen molar-refractivity contribution in [2.45, 2.75) is 50.3 Å². The van der Waals surface area contributed by atoms with Gasteiger partial charge in [-0.25, -0.2) is 9.78 Å². The van der Waals surface area contributed by atoms with Gasteiger partial charge in [-0.15, -0.1) is 0 Å². The van der Waals surface area contributed by atoms with Gasteiger partial charge in [0.1, 0.15) is 18.1 Å². The van der Waals surface area contributed by atoms with Crippen LogP contribution in [0.3, 0.4) is 0 Å². The average molecular weight is 583 g/mol. The molecule has 5 heterocycles. The summed E-state index contributed by atoms with van der Waals surface area (Å²) in [6.07, 6.45) is 4.03. The topological polar surface area (TPSA) is 115 Å². The normalized spacial score (nSPS) is 24.5. The van der Waals surface area contributed by atoms with Gasteiger partial charge in [0.05, 0.1) is 48.2 Å². The van der Waals surface area contributed by atoms with Crippen molar-refractivity contribution in [3.63, 3.8) is 0 Å². The fourth-order valence-corrected chi connectivity index (χ4v) is 7.51. The number of fused-ring (bicyclic) bond motifs is 1. The van der Waals surface area contributed by atoms with Crippen molar-refractivity contribution in [2.75, 3.05) is 40.0 Å². The predicted octanol–water partition coefficient (Wildman–Crippen LogP) is 3.54. The van der Waals surface area contributed by atoms with Crippen LogP contribution < -0.4 is 4.74 Å². The Labute approximate surface area is 242 Å². The van der Waals surface area contributed by atoms with Crippen molar-refractivity contribution < 1.29 is 33.0 Å². The SMILES string of the molecule is COc1ccccc1C(CN1C(=O)N(C2CN(C(C)=O)C2)C(=O)C2C(C)=C(c3ncco3)SC21)OC1CCOCC1. The van der Waals surface area contributed by atoms with Crippen LogP contribution in [0, 0.1) is 5.92 Å². The number of amides is 4. The maximum atomic E-state index is 14.3. The number of thioether (sulfide) groups is 1. The molecule has 3 fully saturated rings. The number of para-hydroxylation sites is 1. The molecule has 0 N–H and O–H groups in total. The summed E-state index contributed by atoms with van der Waals surface area (Å²) >= 11 is 1.42. The standard InChI is InChI=1S/C29H34N4O7S/c1-17-24-27(35)33(19-14-31(15-19)18(2)34)29(36)32(28(24)41-25(17)26-30-10-13-39-26)16-23(40-20-8-11-38-12-9-20)21-6-4-5-7-22(21)37-3/h4-7,10,13,19-20,23-24,28H,8-9,11-12,14-16H2,1-3H3. The molecular weight excluding hydrogens is 548 g/mol. The van der Waals surface area contributed by atoms with E-state index in [0.29, 0.717) is 37.9 Å². The quantitative estimate of drug-likeness (QED) is 0.461. The Balaban J connectivity index is 1.36. The van der Waals surface area contributed by atoms with Gasteiger partial charge in [-0.1, -0.05) is 30.0 Å². The van der Waals surface area contributed by atoms with Crippen LogP contribution in [0.1, 0.15) is 44.2 Å². The number of methoxy groups -OCH3 is 1. The lowest BCUT2D eigenvalue weighted by molar-refractivity contribution is -0.148. The smallest absolute Gasteiger partial charge is 0.328 e. The van der Waals surface area contributed by atoms with Crippen LogP contribution >= 0.6 is 11.8 Å². The lowest BCUT2D eigenvalue weighted by atomic mass is 9.93. The molecule has 3 saturated heterocycles. The fourth-order valence-electron chi connectivity index (χ4n) is 6.00. The largest absolute Gasteiger partial charge is 0.496 e. The van der Waals surface area contributed by atoms with Crippen molar-refractivity contribution in [3.05, 3.63) is 53.8 Å². The first-order chi connectivity index (χ1) is 19.9. The van der Waals surface area contributed by atoms with Crippen molar-refractivity contribution in [1.29, 1.82) is 0 Å². The molecule has 2 aromatic rings. The van der Waals surface area contributed by atoms with Crippen LogP contribution in [-0.4, -0.2) is 95.0 Å². The van der Waals surface area contributed by atoms with Crippen LogP contribution in [-0.2, 0) is 19.1 Å². The minimum absolute atomic E-state index is 0.0400. The second kappa shape index (κ2) is 11.5. The number of likely N-dealkylation sites (tertiary alicyclic amines) is 1. The number of benzene rings is 1. The summed E-state index contributed by atoms with van der Waals surface area (Å²) in [5, 5.41) is -0.493. The van der Waals surface area contributed by atoms with E-state index in [4.69, 9.17) is 18.6 Å². The molecule has 12 heteroatoms. The predicted molar refractivity (Wildman–Crippen MR) is 150 cm³/mol. The molecule has 11 nitrogen and oxygen atoms in total. The molecule has 6 rings (SSSR count). The minimum atomic E-state index is -0.577. The Hall–Kier alpha value is -3.35. The summed E-state index contributed by atoms with van der Waals surface area (Å²) in [6, 6.07) is 6.90. The first-order valence-electron chi connectivity index (χ1n) is 13.9. The Morgan fingerprint density at radius 3 is 2.63 bits per heavy atom. The van der Waals surface area contributed by atoms with Gasteiger partial charge in [-0.3, -0.25) is 14.5 Å². The number of hydrogen-bond donors (Lipinski definition) is 0. The van der Waals surface area contributed by atoms with Gasteiger partial charge in [0.2, 0.25) is 17.7 Å². The van der Waals surface area contributed by atoms with Gasteiger partial charge in [0, 0.05) is 38.8 Å². The first-order valence-corrected chi connectivity index (χ1v) is 14.8. The maximum Gasteiger partial charge on any atom is 0.328 e. The summed E-state index contributed by atoms with van der Waals surface area (Å²) in [4.78, 5) is 50.0. The molecule has 41 heavy (non-hydrogen) atoms. The molecule has 3 unspecified atom stereocenters. The summed E-state index contributed by atoms with van der Waals surface area (Å²) in [5.41, 5.74) is 1.65. The second-order valence-corrected chi connectivity index (χ2v) is 11.9. The molecule has 4 amide bonds. The Morgan fingerprint density at radius 2 is 1.95 bits per heavy atom. The Kier molecular flexibility index (Phi) is 7.80. The first kappa shape index (κ1) is 27.8. The van der Waals surface area contributed by atoms with E-state index in [-0.39, 0.29) is 36.5 Å². The highest BCUT2D eigenvalue weighted by molar-refractivity contribution is 8.09. The monoisotopic (exact) mass is 582 g/mol. The summed E-state index contributed by atoms with van der Waals surface area (Å²) in [6.45, 7) is 5.50. The number of urea groups is 1. The number of nitrogens with zero attached hydrogens (tertiary/aromatic N) is 4.